The zero-order valence-electron chi connectivity index (χ0n) is 15.3. The van der Waals surface area contributed by atoms with Gasteiger partial charge >= 0.3 is 0 Å². The number of hydrogen-bond acceptors (Lipinski definition) is 7. The molecule has 2 heterocycles. The van der Waals surface area contributed by atoms with Crippen LogP contribution >= 0.6 is 0 Å². The van der Waals surface area contributed by atoms with Crippen molar-refractivity contribution in [3.05, 3.63) is 35.9 Å². The number of rotatable bonds is 5. The average Bonchev–Trinajstić information content (AvgIpc) is 2.90. The lowest BCUT2D eigenvalue weighted by atomic mass is 10.2. The molecule has 1 N–H and O–H groups in total. The lowest BCUT2D eigenvalue weighted by Crippen LogP contribution is -2.22. The van der Waals surface area contributed by atoms with Crippen molar-refractivity contribution in [3.63, 3.8) is 0 Å². The van der Waals surface area contributed by atoms with E-state index in [4.69, 9.17) is 0 Å². The Morgan fingerprint density at radius 1 is 1.30 bits per heavy atom. The largest absolute Gasteiger partial charge is 0.309 e. The third-order valence-electron chi connectivity index (χ3n) is 4.34. The van der Waals surface area contributed by atoms with Crippen molar-refractivity contribution in [3.8, 4) is 6.07 Å². The predicted octanol–water partition coefficient (Wildman–Crippen LogP) is 1.59. The number of hydrogen-bond donors (Lipinski definition) is 1. The van der Waals surface area contributed by atoms with Gasteiger partial charge in [0.1, 0.15) is 11.9 Å². The number of benzene rings is 1. The van der Waals surface area contributed by atoms with E-state index < -0.39 is 10.0 Å². The van der Waals surface area contributed by atoms with E-state index in [-0.39, 0.29) is 10.6 Å². The molecule has 0 spiro atoms. The van der Waals surface area contributed by atoms with Gasteiger partial charge in [0.05, 0.1) is 10.6 Å². The Bertz CT molecular complexity index is 1000. The van der Waals surface area contributed by atoms with E-state index >= 15 is 0 Å². The lowest BCUT2D eigenvalue weighted by Gasteiger charge is -2.12. The number of sulfonamides is 1. The van der Waals surface area contributed by atoms with Crippen LogP contribution in [0.25, 0.3) is 0 Å². The van der Waals surface area contributed by atoms with Gasteiger partial charge in [-0.2, -0.15) is 10.4 Å². The van der Waals surface area contributed by atoms with Gasteiger partial charge in [0.15, 0.2) is 5.82 Å². The molecule has 9 nitrogen and oxygen atoms in total. The summed E-state index contributed by atoms with van der Waals surface area (Å²) in [4.78, 5) is 0.141. The maximum atomic E-state index is 12.2. The molecule has 0 bridgehead atoms. The van der Waals surface area contributed by atoms with Gasteiger partial charge in [-0.25, -0.2) is 12.7 Å². The third-order valence-corrected chi connectivity index (χ3v) is 6.15. The highest BCUT2D eigenvalue weighted by Gasteiger charge is 2.19. The molecule has 0 saturated carbocycles. The summed E-state index contributed by atoms with van der Waals surface area (Å²) >= 11 is 0. The van der Waals surface area contributed by atoms with E-state index in [0.717, 1.165) is 42.4 Å². The number of nitrogens with one attached hydrogen (secondary N) is 1. The lowest BCUT2D eigenvalue weighted by molar-refractivity contribution is 0.521. The highest BCUT2D eigenvalue weighted by Crippen LogP contribution is 2.19. The first-order valence-electron chi connectivity index (χ1n) is 8.62. The van der Waals surface area contributed by atoms with Crippen molar-refractivity contribution in [1.82, 2.24) is 19.1 Å². The van der Waals surface area contributed by atoms with Gasteiger partial charge in [-0.1, -0.05) is 12.5 Å². The van der Waals surface area contributed by atoms with Crippen molar-refractivity contribution in [2.75, 3.05) is 19.5 Å². The molecule has 0 unspecified atom stereocenters. The molecule has 2 aromatic rings. The minimum atomic E-state index is -3.55. The van der Waals surface area contributed by atoms with Crippen LogP contribution in [0.1, 0.15) is 30.9 Å². The molecule has 142 valence electrons. The zero-order valence-corrected chi connectivity index (χ0v) is 16.1. The van der Waals surface area contributed by atoms with Crippen LogP contribution in [0.4, 0.5) is 5.69 Å². The topological polar surface area (TPSA) is 116 Å². The summed E-state index contributed by atoms with van der Waals surface area (Å²) in [6, 6.07) is 8.32. The summed E-state index contributed by atoms with van der Waals surface area (Å²) in [7, 11) is -0.608. The van der Waals surface area contributed by atoms with Crippen LogP contribution in [0.2, 0.25) is 0 Å². The minimum Gasteiger partial charge on any atom is -0.309 e. The molecule has 3 rings (SSSR count). The highest BCUT2D eigenvalue weighted by molar-refractivity contribution is 7.89. The van der Waals surface area contributed by atoms with Crippen molar-refractivity contribution in [1.29, 1.82) is 5.26 Å². The van der Waals surface area contributed by atoms with Gasteiger partial charge in [0.25, 0.3) is 0 Å². The van der Waals surface area contributed by atoms with Crippen LogP contribution in [0.15, 0.2) is 34.3 Å². The molecule has 0 radical (unpaired) electrons. The maximum absolute atomic E-state index is 12.2. The molecular formula is C17H21N7O2S. The Labute approximate surface area is 158 Å². The Kier molecular flexibility index (Phi) is 5.53. The summed E-state index contributed by atoms with van der Waals surface area (Å²) in [6.07, 6.45) is 4.02. The van der Waals surface area contributed by atoms with Crippen molar-refractivity contribution in [2.24, 2.45) is 5.10 Å². The summed E-state index contributed by atoms with van der Waals surface area (Å²) < 4.78 is 27.6. The van der Waals surface area contributed by atoms with Crippen molar-refractivity contribution in [2.45, 2.75) is 37.1 Å². The Morgan fingerprint density at radius 2 is 2.11 bits per heavy atom. The second kappa shape index (κ2) is 7.85. The quantitative estimate of drug-likeness (QED) is 0.615. The minimum absolute atomic E-state index is 0.108. The first-order valence-corrected chi connectivity index (χ1v) is 10.1. The fourth-order valence-electron chi connectivity index (χ4n) is 2.84. The van der Waals surface area contributed by atoms with Crippen molar-refractivity contribution >= 4 is 21.4 Å². The van der Waals surface area contributed by atoms with E-state index in [0.29, 0.717) is 11.5 Å². The predicted molar refractivity (Wildman–Crippen MR) is 101 cm³/mol. The molecule has 1 aliphatic rings. The standard InChI is InChI=1S/C17H21N7O2S/c1-23(2)27(25,26)14-8-6-7-13(11-14)19-20-15(12-18)17-22-21-16-9-4-3-5-10-24(16)17/h6-8,11,19H,3-5,9-10H2,1-2H3. The van der Waals surface area contributed by atoms with Crippen LogP contribution in [-0.4, -0.2) is 47.3 Å². The molecule has 1 aromatic carbocycles. The highest BCUT2D eigenvalue weighted by atomic mass is 32.2. The first-order chi connectivity index (χ1) is 12.9. The van der Waals surface area contributed by atoms with Crippen LogP contribution in [-0.2, 0) is 23.0 Å². The van der Waals surface area contributed by atoms with Crippen LogP contribution in [0.3, 0.4) is 0 Å². The smallest absolute Gasteiger partial charge is 0.242 e. The SMILES string of the molecule is CN(C)S(=O)(=O)c1cccc(NN=C(C#N)c2nnc3n2CCCCC3)c1. The summed E-state index contributed by atoms with van der Waals surface area (Å²) in [5.41, 5.74) is 3.33. The number of aryl methyl sites for hydroxylation is 1. The second-order valence-electron chi connectivity index (χ2n) is 6.40. The summed E-state index contributed by atoms with van der Waals surface area (Å²) in [6.45, 7) is 0.759. The van der Waals surface area contributed by atoms with Gasteiger partial charge in [-0.15, -0.1) is 10.2 Å². The van der Waals surface area contributed by atoms with E-state index in [1.54, 1.807) is 12.1 Å². The Hall–Kier alpha value is -2.77. The first kappa shape index (κ1) is 19.0. The Morgan fingerprint density at radius 3 is 2.85 bits per heavy atom. The van der Waals surface area contributed by atoms with Gasteiger partial charge in [0, 0.05) is 27.1 Å². The monoisotopic (exact) mass is 387 g/mol. The molecule has 1 aliphatic heterocycles. The summed E-state index contributed by atoms with van der Waals surface area (Å²) in [5, 5.41) is 21.9. The molecular weight excluding hydrogens is 366 g/mol. The van der Waals surface area contributed by atoms with E-state index in [9.17, 15) is 13.7 Å². The molecule has 27 heavy (non-hydrogen) atoms. The van der Waals surface area contributed by atoms with Gasteiger partial charge in [0.2, 0.25) is 15.7 Å². The Balaban J connectivity index is 1.87. The molecule has 0 fully saturated rings. The van der Waals surface area contributed by atoms with Crippen LogP contribution < -0.4 is 5.43 Å². The average molecular weight is 387 g/mol. The fourth-order valence-corrected chi connectivity index (χ4v) is 3.79. The molecule has 1 aromatic heterocycles. The molecule has 0 saturated heterocycles. The molecule has 10 heteroatoms. The van der Waals surface area contributed by atoms with E-state index in [1.807, 2.05) is 10.6 Å². The van der Waals surface area contributed by atoms with Gasteiger partial charge in [-0.3, -0.25) is 5.43 Å². The van der Waals surface area contributed by atoms with Gasteiger partial charge < -0.3 is 4.57 Å². The number of aromatic nitrogens is 3. The van der Waals surface area contributed by atoms with Crippen LogP contribution in [0, 0.1) is 11.3 Å². The number of nitrogens with zero attached hydrogens (tertiary/aromatic N) is 6. The summed E-state index contributed by atoms with van der Waals surface area (Å²) in [5.74, 6) is 1.29. The second-order valence-corrected chi connectivity index (χ2v) is 8.55. The number of fused-ring (bicyclic) bond motifs is 1. The fraction of sp³-hybridized carbons (Fsp3) is 0.412. The zero-order chi connectivity index (χ0) is 19.4. The van der Waals surface area contributed by atoms with Crippen LogP contribution in [0.5, 0.6) is 0 Å². The van der Waals surface area contributed by atoms with E-state index in [2.05, 4.69) is 20.7 Å². The normalized spacial score (nSPS) is 15.1. The van der Waals surface area contributed by atoms with Crippen molar-refractivity contribution < 1.29 is 8.42 Å². The van der Waals surface area contributed by atoms with E-state index in [1.165, 1.54) is 26.2 Å². The molecule has 0 atom stereocenters. The molecule has 0 amide bonds. The molecule has 0 aliphatic carbocycles. The van der Waals surface area contributed by atoms with Gasteiger partial charge in [-0.05, 0) is 31.0 Å². The number of anilines is 1. The number of hydrazone groups is 1. The number of nitriles is 1. The third kappa shape index (κ3) is 3.99. The maximum Gasteiger partial charge on any atom is 0.242 e.